The first-order chi connectivity index (χ1) is 9.10. The van der Waals surface area contributed by atoms with Crippen LogP contribution in [0.5, 0.6) is 0 Å². The van der Waals surface area contributed by atoms with E-state index < -0.39 is 0 Å². The maximum atomic E-state index is 12.4. The second-order valence-corrected chi connectivity index (χ2v) is 4.67. The summed E-state index contributed by atoms with van der Waals surface area (Å²) in [5.41, 5.74) is 0.593. The molecule has 0 saturated heterocycles. The van der Waals surface area contributed by atoms with E-state index >= 15 is 0 Å². The molecule has 106 valence electrons. The molecule has 0 aliphatic rings. The molecule has 0 aromatic carbocycles. The van der Waals surface area contributed by atoms with E-state index in [4.69, 9.17) is 5.11 Å². The largest absolute Gasteiger partial charge is 0.395 e. The molecule has 0 atom stereocenters. The molecule has 0 aliphatic carbocycles. The summed E-state index contributed by atoms with van der Waals surface area (Å²) in [6, 6.07) is 3.51. The summed E-state index contributed by atoms with van der Waals surface area (Å²) in [4.78, 5) is 18.2. The van der Waals surface area contributed by atoms with Crippen molar-refractivity contribution in [2.75, 3.05) is 25.0 Å². The van der Waals surface area contributed by atoms with Crippen LogP contribution in [-0.4, -0.2) is 46.6 Å². The van der Waals surface area contributed by atoms with E-state index in [0.29, 0.717) is 17.9 Å². The minimum atomic E-state index is -0.0778. The number of aliphatic hydroxyl groups excluding tert-OH is 1. The van der Waals surface area contributed by atoms with Crippen molar-refractivity contribution in [3.63, 3.8) is 0 Å². The second kappa shape index (κ2) is 7.74. The van der Waals surface area contributed by atoms with Crippen LogP contribution in [0.25, 0.3) is 0 Å². The molecule has 5 heteroatoms. The summed E-state index contributed by atoms with van der Waals surface area (Å²) in [6.45, 7) is 7.08. The lowest BCUT2D eigenvalue weighted by Crippen LogP contribution is -2.39. The molecule has 19 heavy (non-hydrogen) atoms. The minimum absolute atomic E-state index is 0.0318. The van der Waals surface area contributed by atoms with Gasteiger partial charge in [0.05, 0.1) is 6.61 Å². The Morgan fingerprint density at radius 2 is 2.26 bits per heavy atom. The summed E-state index contributed by atoms with van der Waals surface area (Å²) >= 11 is 0. The summed E-state index contributed by atoms with van der Waals surface area (Å²) < 4.78 is 0. The number of aliphatic hydroxyl groups is 1. The number of rotatable bonds is 7. The van der Waals surface area contributed by atoms with E-state index in [2.05, 4.69) is 17.2 Å². The number of carbonyl (C=O) groups excluding carboxylic acids is 1. The molecule has 1 aromatic heterocycles. The van der Waals surface area contributed by atoms with Crippen LogP contribution >= 0.6 is 0 Å². The Kier molecular flexibility index (Phi) is 6.29. The molecule has 0 radical (unpaired) electrons. The standard InChI is InChI=1S/C14H23N3O2/c1-4-6-15-13-10-12(5-7-16-13)14(19)17(8-9-18)11(2)3/h5,7,10-11,18H,4,6,8-9H2,1-3H3,(H,15,16). The predicted octanol–water partition coefficient (Wildman–Crippen LogP) is 1.75. The fourth-order valence-corrected chi connectivity index (χ4v) is 1.78. The maximum Gasteiger partial charge on any atom is 0.254 e. The van der Waals surface area contributed by atoms with Gasteiger partial charge in [0.15, 0.2) is 0 Å². The molecule has 0 fully saturated rings. The Morgan fingerprint density at radius 3 is 2.84 bits per heavy atom. The van der Waals surface area contributed by atoms with Crippen LogP contribution < -0.4 is 5.32 Å². The van der Waals surface area contributed by atoms with Crippen molar-refractivity contribution in [2.45, 2.75) is 33.2 Å². The highest BCUT2D eigenvalue weighted by atomic mass is 16.3. The first-order valence-corrected chi connectivity index (χ1v) is 6.71. The number of anilines is 1. The van der Waals surface area contributed by atoms with Gasteiger partial charge in [0.1, 0.15) is 5.82 Å². The van der Waals surface area contributed by atoms with Gasteiger partial charge in [-0.3, -0.25) is 4.79 Å². The number of hydrogen-bond donors (Lipinski definition) is 2. The zero-order valence-electron chi connectivity index (χ0n) is 11.9. The van der Waals surface area contributed by atoms with Crippen molar-refractivity contribution >= 4 is 11.7 Å². The van der Waals surface area contributed by atoms with Crippen molar-refractivity contribution < 1.29 is 9.90 Å². The van der Waals surface area contributed by atoms with Crippen LogP contribution in [0.4, 0.5) is 5.82 Å². The van der Waals surface area contributed by atoms with Gasteiger partial charge in [0, 0.05) is 30.9 Å². The molecular formula is C14H23N3O2. The molecule has 5 nitrogen and oxygen atoms in total. The number of aromatic nitrogens is 1. The summed E-state index contributed by atoms with van der Waals surface area (Å²) in [6.07, 6.45) is 2.63. The number of nitrogens with one attached hydrogen (secondary N) is 1. The average Bonchev–Trinajstić information content (AvgIpc) is 2.41. The molecule has 1 rings (SSSR count). The molecule has 0 spiro atoms. The smallest absolute Gasteiger partial charge is 0.254 e. The molecular weight excluding hydrogens is 242 g/mol. The second-order valence-electron chi connectivity index (χ2n) is 4.67. The topological polar surface area (TPSA) is 65.5 Å². The van der Waals surface area contributed by atoms with Crippen molar-refractivity contribution in [3.05, 3.63) is 23.9 Å². The van der Waals surface area contributed by atoms with E-state index in [1.807, 2.05) is 13.8 Å². The molecule has 0 aliphatic heterocycles. The molecule has 2 N–H and O–H groups in total. The van der Waals surface area contributed by atoms with Gasteiger partial charge in [-0.25, -0.2) is 4.98 Å². The van der Waals surface area contributed by atoms with E-state index in [1.165, 1.54) is 0 Å². The third kappa shape index (κ3) is 4.52. The SMILES string of the molecule is CCCNc1cc(C(=O)N(CCO)C(C)C)ccn1. The fourth-order valence-electron chi connectivity index (χ4n) is 1.78. The third-order valence-electron chi connectivity index (χ3n) is 2.79. The Morgan fingerprint density at radius 1 is 1.53 bits per heavy atom. The van der Waals surface area contributed by atoms with Gasteiger partial charge in [-0.05, 0) is 32.4 Å². The molecule has 1 amide bonds. The van der Waals surface area contributed by atoms with Crippen molar-refractivity contribution in [1.82, 2.24) is 9.88 Å². The van der Waals surface area contributed by atoms with Gasteiger partial charge in [0.2, 0.25) is 0 Å². The maximum absolute atomic E-state index is 12.4. The fraction of sp³-hybridized carbons (Fsp3) is 0.571. The molecule has 0 saturated carbocycles. The Bertz CT molecular complexity index is 407. The highest BCUT2D eigenvalue weighted by molar-refractivity contribution is 5.95. The van der Waals surface area contributed by atoms with Crippen LogP contribution in [0.2, 0.25) is 0 Å². The zero-order valence-corrected chi connectivity index (χ0v) is 11.9. The monoisotopic (exact) mass is 265 g/mol. The third-order valence-corrected chi connectivity index (χ3v) is 2.79. The average molecular weight is 265 g/mol. The Hall–Kier alpha value is -1.62. The van der Waals surface area contributed by atoms with E-state index in [1.54, 1.807) is 23.2 Å². The highest BCUT2D eigenvalue weighted by Gasteiger charge is 2.18. The lowest BCUT2D eigenvalue weighted by atomic mass is 10.2. The van der Waals surface area contributed by atoms with Gasteiger partial charge in [-0.1, -0.05) is 6.92 Å². The van der Waals surface area contributed by atoms with Gasteiger partial charge >= 0.3 is 0 Å². The number of hydrogen-bond acceptors (Lipinski definition) is 4. The minimum Gasteiger partial charge on any atom is -0.395 e. The van der Waals surface area contributed by atoms with Crippen molar-refractivity contribution in [3.8, 4) is 0 Å². The Labute approximate surface area is 114 Å². The van der Waals surface area contributed by atoms with Crippen LogP contribution in [0.3, 0.4) is 0 Å². The number of nitrogens with zero attached hydrogens (tertiary/aromatic N) is 2. The van der Waals surface area contributed by atoms with Crippen molar-refractivity contribution in [2.24, 2.45) is 0 Å². The molecule has 1 aromatic rings. The number of amides is 1. The zero-order chi connectivity index (χ0) is 14.3. The van der Waals surface area contributed by atoms with Crippen LogP contribution in [0, 0.1) is 0 Å². The van der Waals surface area contributed by atoms with Crippen molar-refractivity contribution in [1.29, 1.82) is 0 Å². The highest BCUT2D eigenvalue weighted by Crippen LogP contribution is 2.11. The van der Waals surface area contributed by atoms with E-state index in [9.17, 15) is 4.79 Å². The van der Waals surface area contributed by atoms with Crippen LogP contribution in [-0.2, 0) is 0 Å². The van der Waals surface area contributed by atoms with E-state index in [0.717, 1.165) is 13.0 Å². The summed E-state index contributed by atoms with van der Waals surface area (Å²) in [5.74, 6) is 0.631. The summed E-state index contributed by atoms with van der Waals surface area (Å²) in [5, 5.41) is 12.2. The number of carbonyl (C=O) groups is 1. The lowest BCUT2D eigenvalue weighted by Gasteiger charge is -2.26. The first-order valence-electron chi connectivity index (χ1n) is 6.71. The summed E-state index contributed by atoms with van der Waals surface area (Å²) in [7, 11) is 0. The lowest BCUT2D eigenvalue weighted by molar-refractivity contribution is 0.0665. The van der Waals surface area contributed by atoms with Gasteiger partial charge in [-0.2, -0.15) is 0 Å². The van der Waals surface area contributed by atoms with Gasteiger partial charge in [-0.15, -0.1) is 0 Å². The van der Waals surface area contributed by atoms with E-state index in [-0.39, 0.29) is 18.6 Å². The molecule has 0 unspecified atom stereocenters. The normalized spacial score (nSPS) is 10.6. The quantitative estimate of drug-likeness (QED) is 0.788. The molecule has 1 heterocycles. The van der Waals surface area contributed by atoms with Crippen LogP contribution in [0.1, 0.15) is 37.6 Å². The van der Waals surface area contributed by atoms with Gasteiger partial charge in [0.25, 0.3) is 5.91 Å². The predicted molar refractivity (Wildman–Crippen MR) is 76.3 cm³/mol. The molecule has 0 bridgehead atoms. The van der Waals surface area contributed by atoms with Gasteiger partial charge < -0.3 is 15.3 Å². The Balaban J connectivity index is 2.85. The van der Waals surface area contributed by atoms with Crippen LogP contribution in [0.15, 0.2) is 18.3 Å². The number of pyridine rings is 1. The first kappa shape index (κ1) is 15.4.